The lowest BCUT2D eigenvalue weighted by Crippen LogP contribution is -2.25. The first-order valence-electron chi connectivity index (χ1n) is 36.6. The van der Waals surface area contributed by atoms with Gasteiger partial charge in [0.15, 0.2) is 14.3 Å². The molecule has 0 unspecified atom stereocenters. The number of pyridine rings is 2. The molecule has 4 heterocycles. The molecule has 0 atom stereocenters. The highest BCUT2D eigenvalue weighted by Crippen LogP contribution is 2.49. The average molecular weight is 1420 g/mol. The van der Waals surface area contributed by atoms with Gasteiger partial charge in [0.25, 0.3) is 0 Å². The van der Waals surface area contributed by atoms with Crippen molar-refractivity contribution in [2.75, 3.05) is 0 Å². The van der Waals surface area contributed by atoms with Gasteiger partial charge in [0.2, 0.25) is 0 Å². The first kappa shape index (κ1) is 63.2. The molecular formula is C100H64N4O2P2. The van der Waals surface area contributed by atoms with Crippen molar-refractivity contribution in [2.45, 2.75) is 0 Å². The van der Waals surface area contributed by atoms with Gasteiger partial charge in [0, 0.05) is 53.4 Å². The van der Waals surface area contributed by atoms with Crippen LogP contribution in [0.4, 0.5) is 0 Å². The summed E-state index contributed by atoms with van der Waals surface area (Å²) in [5.41, 5.74) is 17.7. The highest BCUT2D eigenvalue weighted by atomic mass is 31.2. The normalized spacial score (nSPS) is 12.1. The van der Waals surface area contributed by atoms with E-state index < -0.39 is 14.3 Å². The van der Waals surface area contributed by atoms with Crippen molar-refractivity contribution in [1.29, 1.82) is 0 Å². The van der Waals surface area contributed by atoms with Gasteiger partial charge in [0.1, 0.15) is 11.3 Å². The van der Waals surface area contributed by atoms with Crippen LogP contribution in [0.1, 0.15) is 0 Å². The van der Waals surface area contributed by atoms with E-state index in [1.807, 2.05) is 127 Å². The van der Waals surface area contributed by atoms with Crippen LogP contribution >= 0.6 is 14.3 Å². The summed E-state index contributed by atoms with van der Waals surface area (Å²) in [6, 6.07) is 135. The van der Waals surface area contributed by atoms with Crippen LogP contribution in [0.2, 0.25) is 0 Å². The lowest BCUT2D eigenvalue weighted by molar-refractivity contribution is 0.591. The Hall–Kier alpha value is -13.3. The Labute approximate surface area is 622 Å². The molecule has 22 rings (SSSR count). The van der Waals surface area contributed by atoms with E-state index in [0.29, 0.717) is 0 Å². The van der Waals surface area contributed by atoms with E-state index in [-0.39, 0.29) is 0 Å². The summed E-state index contributed by atoms with van der Waals surface area (Å²) in [5.74, 6) is 0. The first-order valence-corrected chi connectivity index (χ1v) is 40.0. The molecule has 4 aromatic heterocycles. The lowest BCUT2D eigenvalue weighted by Gasteiger charge is -2.23. The molecule has 0 fully saturated rings. The fraction of sp³-hybridized carbons (Fsp3) is 0. The Balaban J connectivity index is 0.000000139. The molecule has 0 radical (unpaired) electrons. The third kappa shape index (κ3) is 10.0. The summed E-state index contributed by atoms with van der Waals surface area (Å²) in [7, 11) is -6.25. The molecule has 6 nitrogen and oxygen atoms in total. The molecular weight excluding hydrogens is 1350 g/mol. The smallest absolute Gasteiger partial charge is 0.171 e. The van der Waals surface area contributed by atoms with E-state index in [1.165, 1.54) is 43.3 Å². The lowest BCUT2D eigenvalue weighted by atomic mass is 9.89. The van der Waals surface area contributed by atoms with Crippen LogP contribution in [0.25, 0.3) is 164 Å². The Morgan fingerprint density at radius 3 is 1.15 bits per heavy atom. The predicted molar refractivity (Wildman–Crippen MR) is 457 cm³/mol. The SMILES string of the molecule is O=P(c1ccccc1)(c1ccccc1)c1ccc2cc(-c3cccc(-c4ccc5c6ccccc6n6c7ccccc7nc6c5c4)c3)ccc2c1.O=P(c1ccccc1)(c1ccccc1)c1ccc2ccc3c(-c4ccc(-c5ccc6c7ccccc7n7c8ccccc8nc7c6c5)cc4)ccc4ccc1c2c43. The molecule has 0 bridgehead atoms. The topological polar surface area (TPSA) is 68.7 Å². The number of rotatable bonds is 10. The molecule has 108 heavy (non-hydrogen) atoms. The van der Waals surface area contributed by atoms with Gasteiger partial charge in [-0.15, -0.1) is 0 Å². The Kier molecular flexibility index (Phi) is 14.7. The number of aromatic nitrogens is 4. The van der Waals surface area contributed by atoms with Crippen molar-refractivity contribution in [1.82, 2.24) is 18.8 Å². The summed E-state index contributed by atoms with van der Waals surface area (Å²) in [6.45, 7) is 0. The van der Waals surface area contributed by atoms with Crippen molar-refractivity contribution in [2.24, 2.45) is 0 Å². The second kappa shape index (κ2) is 25.2. The molecule has 506 valence electrons. The number of imidazole rings is 2. The van der Waals surface area contributed by atoms with E-state index in [1.54, 1.807) is 0 Å². The highest BCUT2D eigenvalue weighted by Gasteiger charge is 2.33. The Morgan fingerprint density at radius 1 is 0.213 bits per heavy atom. The van der Waals surface area contributed by atoms with Crippen LogP contribution in [0.5, 0.6) is 0 Å². The van der Waals surface area contributed by atoms with Crippen molar-refractivity contribution >= 4 is 166 Å². The number of benzene rings is 18. The van der Waals surface area contributed by atoms with Gasteiger partial charge in [-0.3, -0.25) is 8.80 Å². The minimum absolute atomic E-state index is 0.839. The Bertz CT molecular complexity index is 7400. The van der Waals surface area contributed by atoms with Crippen molar-refractivity contribution in [3.63, 3.8) is 0 Å². The second-order valence-electron chi connectivity index (χ2n) is 28.2. The van der Waals surface area contributed by atoms with E-state index in [4.69, 9.17) is 9.97 Å². The third-order valence-corrected chi connectivity index (χ3v) is 28.4. The summed E-state index contributed by atoms with van der Waals surface area (Å²) >= 11 is 0. The summed E-state index contributed by atoms with van der Waals surface area (Å²) in [5, 5.41) is 21.3. The quantitative estimate of drug-likeness (QED) is 0.101. The van der Waals surface area contributed by atoms with Gasteiger partial charge in [-0.25, -0.2) is 9.97 Å². The van der Waals surface area contributed by atoms with E-state index in [0.717, 1.165) is 153 Å². The molecule has 0 saturated carbocycles. The van der Waals surface area contributed by atoms with Gasteiger partial charge < -0.3 is 9.13 Å². The van der Waals surface area contributed by atoms with Gasteiger partial charge in [-0.1, -0.05) is 315 Å². The first-order chi connectivity index (χ1) is 53.3. The van der Waals surface area contributed by atoms with Crippen LogP contribution < -0.4 is 31.8 Å². The van der Waals surface area contributed by atoms with Crippen molar-refractivity contribution in [3.05, 3.63) is 388 Å². The van der Waals surface area contributed by atoms with Crippen molar-refractivity contribution in [3.8, 4) is 44.5 Å². The molecule has 0 saturated heterocycles. The molecule has 0 spiro atoms. The number of fused-ring (bicyclic) bond motifs is 17. The maximum absolute atomic E-state index is 15.6. The molecule has 0 aliphatic rings. The zero-order valence-corrected chi connectivity index (χ0v) is 60.2. The second-order valence-corrected chi connectivity index (χ2v) is 33.7. The van der Waals surface area contributed by atoms with Crippen LogP contribution in [-0.2, 0) is 9.13 Å². The number of para-hydroxylation sites is 6. The highest BCUT2D eigenvalue weighted by molar-refractivity contribution is 7.86. The van der Waals surface area contributed by atoms with E-state index in [9.17, 15) is 4.57 Å². The van der Waals surface area contributed by atoms with Gasteiger partial charge in [0.05, 0.1) is 33.1 Å². The number of hydrogen-bond acceptors (Lipinski definition) is 4. The number of hydrogen-bond donors (Lipinski definition) is 0. The molecule has 0 N–H and O–H groups in total. The summed E-state index contributed by atoms with van der Waals surface area (Å²) in [6.07, 6.45) is 0. The maximum atomic E-state index is 15.6. The standard InChI is InChI=1S/C53H33N2OP.C47H31N2OP/c56-57(39-11-3-1-4-12-39,40-13-5-2-6-14-40)50-32-27-37-24-30-44-41(28-23-36-25-31-45(50)52(37)51(36)44)35-21-19-34(20-22-35)38-26-29-42-43-15-7-9-17-48(43)55-49-18-10-8-16-47(49)54-53(55)46(42)33-38;50-51(38-14-3-1-4-15-38,39-16-5-2-6-17-39)40-26-24-35-29-34(22-23-36(35)30-40)32-12-11-13-33(28-32)37-25-27-41-42-18-7-9-20-45(42)49-46-21-10-8-19-44(46)48-47(49)43(41)31-37/h1-33H;1-31H. The zero-order valence-electron chi connectivity index (χ0n) is 58.5. The van der Waals surface area contributed by atoms with Gasteiger partial charge in [-0.05, 0) is 171 Å². The largest absolute Gasteiger partial charge is 0.309 e. The molecule has 18 aromatic carbocycles. The third-order valence-electron chi connectivity index (χ3n) is 22.2. The average Bonchev–Trinajstić information content (AvgIpc) is 1.03. The van der Waals surface area contributed by atoms with Crippen LogP contribution in [0.15, 0.2) is 388 Å². The molecule has 0 aliphatic carbocycles. The van der Waals surface area contributed by atoms with E-state index >= 15 is 4.57 Å². The maximum Gasteiger partial charge on any atom is 0.171 e. The zero-order chi connectivity index (χ0) is 71.6. The minimum atomic E-state index is -3.19. The van der Waals surface area contributed by atoms with Crippen LogP contribution in [0, 0.1) is 0 Å². The van der Waals surface area contributed by atoms with Gasteiger partial charge >= 0.3 is 0 Å². The molecule has 22 aromatic rings. The fourth-order valence-electron chi connectivity index (χ4n) is 17.0. The molecule has 0 amide bonds. The summed E-state index contributed by atoms with van der Waals surface area (Å²) < 4.78 is 35.2. The summed E-state index contributed by atoms with van der Waals surface area (Å²) in [4.78, 5) is 10.3. The van der Waals surface area contributed by atoms with Gasteiger partial charge in [-0.2, -0.15) is 0 Å². The number of nitrogens with zero attached hydrogens (tertiary/aromatic N) is 4. The van der Waals surface area contributed by atoms with E-state index in [2.05, 4.69) is 270 Å². The Morgan fingerprint density at radius 2 is 0.593 bits per heavy atom. The van der Waals surface area contributed by atoms with Crippen LogP contribution in [-0.4, -0.2) is 18.8 Å². The van der Waals surface area contributed by atoms with Crippen molar-refractivity contribution < 1.29 is 9.13 Å². The molecule has 8 heteroatoms. The molecule has 0 aliphatic heterocycles. The monoisotopic (exact) mass is 1410 g/mol. The predicted octanol–water partition coefficient (Wildman–Crippen LogP) is 23.6. The fourth-order valence-corrected chi connectivity index (χ4v) is 22.6. The van der Waals surface area contributed by atoms with Crippen LogP contribution in [0.3, 0.4) is 0 Å². The minimum Gasteiger partial charge on any atom is -0.309 e.